The summed E-state index contributed by atoms with van der Waals surface area (Å²) in [6.45, 7) is 0. The van der Waals surface area contributed by atoms with E-state index in [0.717, 1.165) is 4.47 Å². The SMILES string of the molecule is COc1c(Br)cccc1C#N. The number of rotatable bonds is 1. The first kappa shape index (κ1) is 8.09. The van der Waals surface area contributed by atoms with Crippen LogP contribution in [0.15, 0.2) is 22.7 Å². The van der Waals surface area contributed by atoms with E-state index >= 15 is 0 Å². The number of nitriles is 1. The molecule has 0 atom stereocenters. The predicted molar refractivity (Wildman–Crippen MR) is 45.4 cm³/mol. The quantitative estimate of drug-likeness (QED) is 0.715. The van der Waals surface area contributed by atoms with Gasteiger partial charge in [0.05, 0.1) is 17.1 Å². The standard InChI is InChI=1S/C8H6BrNO/c1-11-8-6(5-10)3-2-4-7(8)9/h2-4H,1H3. The predicted octanol–water partition coefficient (Wildman–Crippen LogP) is 2.33. The number of ether oxygens (including phenoxy) is 1. The van der Waals surface area contributed by atoms with Crippen molar-refractivity contribution in [2.75, 3.05) is 7.11 Å². The minimum Gasteiger partial charge on any atom is -0.494 e. The lowest BCUT2D eigenvalue weighted by Crippen LogP contribution is -1.87. The van der Waals surface area contributed by atoms with Crippen molar-refractivity contribution in [3.05, 3.63) is 28.2 Å². The Kier molecular flexibility index (Phi) is 2.50. The van der Waals surface area contributed by atoms with E-state index < -0.39 is 0 Å². The van der Waals surface area contributed by atoms with Crippen LogP contribution < -0.4 is 4.74 Å². The zero-order chi connectivity index (χ0) is 8.27. The molecule has 0 amide bonds. The molecule has 0 saturated heterocycles. The Morgan fingerprint density at radius 1 is 1.55 bits per heavy atom. The van der Waals surface area contributed by atoms with Gasteiger partial charge in [-0.05, 0) is 28.1 Å². The maximum atomic E-state index is 8.62. The largest absolute Gasteiger partial charge is 0.494 e. The second kappa shape index (κ2) is 3.40. The summed E-state index contributed by atoms with van der Waals surface area (Å²) in [5, 5.41) is 8.62. The van der Waals surface area contributed by atoms with Gasteiger partial charge in [0.2, 0.25) is 0 Å². The summed E-state index contributed by atoms with van der Waals surface area (Å²) < 4.78 is 5.80. The third-order valence-electron chi connectivity index (χ3n) is 1.29. The number of hydrogen-bond acceptors (Lipinski definition) is 2. The highest BCUT2D eigenvalue weighted by Crippen LogP contribution is 2.27. The Balaban J connectivity index is 3.27. The minimum atomic E-state index is 0.543. The molecule has 1 aromatic rings. The molecule has 0 heterocycles. The Morgan fingerprint density at radius 2 is 2.27 bits per heavy atom. The van der Waals surface area contributed by atoms with Crippen LogP contribution in [-0.4, -0.2) is 7.11 Å². The zero-order valence-corrected chi connectivity index (χ0v) is 7.55. The third kappa shape index (κ3) is 1.52. The van der Waals surface area contributed by atoms with Gasteiger partial charge in [0.15, 0.2) is 5.75 Å². The number of methoxy groups -OCH3 is 1. The first-order valence-corrected chi connectivity index (χ1v) is 3.81. The molecule has 0 spiro atoms. The van der Waals surface area contributed by atoms with Gasteiger partial charge in [-0.1, -0.05) is 6.07 Å². The number of halogens is 1. The fourth-order valence-corrected chi connectivity index (χ4v) is 1.33. The topological polar surface area (TPSA) is 33.0 Å². The molecular formula is C8H6BrNO. The molecular weight excluding hydrogens is 206 g/mol. The maximum Gasteiger partial charge on any atom is 0.150 e. The molecule has 0 unspecified atom stereocenters. The van der Waals surface area contributed by atoms with Crippen molar-refractivity contribution in [2.24, 2.45) is 0 Å². The molecule has 3 heteroatoms. The molecule has 0 N–H and O–H groups in total. The van der Waals surface area contributed by atoms with Gasteiger partial charge in [-0.15, -0.1) is 0 Å². The van der Waals surface area contributed by atoms with Gasteiger partial charge in [-0.3, -0.25) is 0 Å². The summed E-state index contributed by atoms with van der Waals surface area (Å²) in [5.41, 5.74) is 0.543. The van der Waals surface area contributed by atoms with Crippen LogP contribution in [0.1, 0.15) is 5.56 Å². The van der Waals surface area contributed by atoms with E-state index in [2.05, 4.69) is 15.9 Å². The van der Waals surface area contributed by atoms with Gasteiger partial charge in [0.1, 0.15) is 6.07 Å². The third-order valence-corrected chi connectivity index (χ3v) is 1.92. The van der Waals surface area contributed by atoms with Gasteiger partial charge in [-0.2, -0.15) is 5.26 Å². The fourth-order valence-electron chi connectivity index (χ4n) is 0.804. The lowest BCUT2D eigenvalue weighted by atomic mass is 10.2. The van der Waals surface area contributed by atoms with E-state index in [1.54, 1.807) is 19.2 Å². The second-order valence-electron chi connectivity index (χ2n) is 1.93. The lowest BCUT2D eigenvalue weighted by molar-refractivity contribution is 0.411. The monoisotopic (exact) mass is 211 g/mol. The molecule has 1 rings (SSSR count). The lowest BCUT2D eigenvalue weighted by Gasteiger charge is -2.02. The molecule has 0 saturated carbocycles. The van der Waals surface area contributed by atoms with E-state index in [1.165, 1.54) is 0 Å². The van der Waals surface area contributed by atoms with Crippen molar-refractivity contribution >= 4 is 15.9 Å². The van der Waals surface area contributed by atoms with Crippen molar-refractivity contribution in [3.63, 3.8) is 0 Å². The molecule has 56 valence electrons. The first-order valence-electron chi connectivity index (χ1n) is 3.02. The van der Waals surface area contributed by atoms with Crippen LogP contribution in [0.3, 0.4) is 0 Å². The van der Waals surface area contributed by atoms with E-state index in [9.17, 15) is 0 Å². The molecule has 0 radical (unpaired) electrons. The Morgan fingerprint density at radius 3 is 2.73 bits per heavy atom. The highest BCUT2D eigenvalue weighted by atomic mass is 79.9. The van der Waals surface area contributed by atoms with Crippen LogP contribution >= 0.6 is 15.9 Å². The summed E-state index contributed by atoms with van der Waals surface area (Å²) >= 11 is 3.27. The average Bonchev–Trinajstić information content (AvgIpc) is 2.04. The van der Waals surface area contributed by atoms with Crippen LogP contribution in [0.2, 0.25) is 0 Å². The van der Waals surface area contributed by atoms with E-state index in [-0.39, 0.29) is 0 Å². The molecule has 0 aliphatic carbocycles. The van der Waals surface area contributed by atoms with E-state index in [4.69, 9.17) is 10.00 Å². The van der Waals surface area contributed by atoms with Crippen LogP contribution in [0, 0.1) is 11.3 Å². The van der Waals surface area contributed by atoms with Crippen LogP contribution in [0.4, 0.5) is 0 Å². The normalized spacial score (nSPS) is 8.82. The molecule has 0 bridgehead atoms. The zero-order valence-electron chi connectivity index (χ0n) is 5.97. The van der Waals surface area contributed by atoms with Crippen molar-refractivity contribution < 1.29 is 4.74 Å². The van der Waals surface area contributed by atoms with Crippen LogP contribution in [0.25, 0.3) is 0 Å². The Hall–Kier alpha value is -1.01. The van der Waals surface area contributed by atoms with Gasteiger partial charge < -0.3 is 4.74 Å². The van der Waals surface area contributed by atoms with Gasteiger partial charge in [0.25, 0.3) is 0 Å². The number of benzene rings is 1. The minimum absolute atomic E-state index is 0.543. The molecule has 0 aliphatic heterocycles. The Bertz CT molecular complexity index is 303. The van der Waals surface area contributed by atoms with Crippen molar-refractivity contribution in [1.29, 1.82) is 5.26 Å². The van der Waals surface area contributed by atoms with Gasteiger partial charge >= 0.3 is 0 Å². The molecule has 1 aromatic carbocycles. The van der Waals surface area contributed by atoms with E-state index in [0.29, 0.717) is 11.3 Å². The smallest absolute Gasteiger partial charge is 0.150 e. The first-order chi connectivity index (χ1) is 5.29. The number of para-hydroxylation sites is 1. The molecule has 0 fully saturated rings. The highest BCUT2D eigenvalue weighted by molar-refractivity contribution is 9.10. The molecule has 11 heavy (non-hydrogen) atoms. The summed E-state index contributed by atoms with van der Waals surface area (Å²) in [4.78, 5) is 0. The Labute approximate surface area is 73.5 Å². The van der Waals surface area contributed by atoms with Gasteiger partial charge in [-0.25, -0.2) is 0 Å². The maximum absolute atomic E-state index is 8.62. The van der Waals surface area contributed by atoms with Crippen LogP contribution in [-0.2, 0) is 0 Å². The summed E-state index contributed by atoms with van der Waals surface area (Å²) in [6, 6.07) is 7.37. The number of hydrogen-bond donors (Lipinski definition) is 0. The highest BCUT2D eigenvalue weighted by Gasteiger charge is 2.04. The summed E-state index contributed by atoms with van der Waals surface area (Å²) in [6.07, 6.45) is 0. The summed E-state index contributed by atoms with van der Waals surface area (Å²) in [5.74, 6) is 0.593. The second-order valence-corrected chi connectivity index (χ2v) is 2.79. The van der Waals surface area contributed by atoms with Gasteiger partial charge in [0, 0.05) is 0 Å². The molecule has 0 aromatic heterocycles. The van der Waals surface area contributed by atoms with E-state index in [1.807, 2.05) is 12.1 Å². The number of nitrogens with zero attached hydrogens (tertiary/aromatic N) is 1. The molecule has 2 nitrogen and oxygen atoms in total. The fraction of sp³-hybridized carbons (Fsp3) is 0.125. The average molecular weight is 212 g/mol. The molecule has 0 aliphatic rings. The van der Waals surface area contributed by atoms with Crippen molar-refractivity contribution in [1.82, 2.24) is 0 Å². The van der Waals surface area contributed by atoms with Crippen molar-refractivity contribution in [2.45, 2.75) is 0 Å². The van der Waals surface area contributed by atoms with Crippen molar-refractivity contribution in [3.8, 4) is 11.8 Å². The van der Waals surface area contributed by atoms with Crippen LogP contribution in [0.5, 0.6) is 5.75 Å². The summed E-state index contributed by atoms with van der Waals surface area (Å²) in [7, 11) is 1.54.